The predicted molar refractivity (Wildman–Crippen MR) is 93.2 cm³/mol. The first-order valence-corrected chi connectivity index (χ1v) is 8.04. The van der Waals surface area contributed by atoms with Crippen molar-refractivity contribution in [3.63, 3.8) is 0 Å². The zero-order chi connectivity index (χ0) is 16.7. The second kappa shape index (κ2) is 6.98. The number of carbonyl (C=O) groups excluding carboxylic acids is 1. The molecule has 3 atom stereocenters. The van der Waals surface area contributed by atoms with Crippen LogP contribution in [0.2, 0.25) is 0 Å². The number of aromatic hydroxyl groups is 1. The third-order valence-electron chi connectivity index (χ3n) is 4.99. The largest absolute Gasteiger partial charge is 0.506 e. The lowest BCUT2D eigenvalue weighted by Crippen LogP contribution is -2.34. The summed E-state index contributed by atoms with van der Waals surface area (Å²) in [4.78, 5) is 18.6. The molecular formula is C18H19ClFN3O2. The molecule has 2 fully saturated rings. The first-order valence-electron chi connectivity index (χ1n) is 8.04. The summed E-state index contributed by atoms with van der Waals surface area (Å²) in [6.07, 6.45) is 2.75. The summed E-state index contributed by atoms with van der Waals surface area (Å²) < 4.78 is 13.7. The predicted octanol–water partition coefficient (Wildman–Crippen LogP) is 2.38. The summed E-state index contributed by atoms with van der Waals surface area (Å²) in [5.41, 5.74) is 1.16. The van der Waals surface area contributed by atoms with Crippen molar-refractivity contribution < 1.29 is 14.3 Å². The summed E-state index contributed by atoms with van der Waals surface area (Å²) in [5.74, 6) is 0.105. The Morgan fingerprint density at radius 1 is 1.28 bits per heavy atom. The maximum atomic E-state index is 13.7. The minimum absolute atomic E-state index is 0. The van der Waals surface area contributed by atoms with Gasteiger partial charge < -0.3 is 15.3 Å². The number of aromatic nitrogens is 1. The molecule has 25 heavy (non-hydrogen) atoms. The Kier molecular flexibility index (Phi) is 4.92. The van der Waals surface area contributed by atoms with Gasteiger partial charge in [0, 0.05) is 31.7 Å². The molecule has 2 saturated heterocycles. The number of fused-ring (bicyclic) bond motifs is 1. The molecule has 1 amide bonds. The van der Waals surface area contributed by atoms with Gasteiger partial charge in [-0.2, -0.15) is 0 Å². The Balaban J connectivity index is 0.00000182. The smallest absolute Gasteiger partial charge is 0.256 e. The molecule has 0 unspecified atom stereocenters. The Morgan fingerprint density at radius 2 is 2.12 bits per heavy atom. The fourth-order valence-electron chi connectivity index (χ4n) is 3.96. The Hall–Kier alpha value is -2.18. The summed E-state index contributed by atoms with van der Waals surface area (Å²) in [5, 5.41) is 13.0. The zero-order valence-electron chi connectivity index (χ0n) is 13.4. The van der Waals surface area contributed by atoms with Crippen LogP contribution in [0.3, 0.4) is 0 Å². The third-order valence-corrected chi connectivity index (χ3v) is 4.99. The van der Waals surface area contributed by atoms with E-state index in [1.807, 2.05) is 6.07 Å². The van der Waals surface area contributed by atoms with Crippen LogP contribution >= 0.6 is 12.4 Å². The van der Waals surface area contributed by atoms with Crippen molar-refractivity contribution in [2.75, 3.05) is 19.6 Å². The highest BCUT2D eigenvalue weighted by Crippen LogP contribution is 2.43. The van der Waals surface area contributed by atoms with Gasteiger partial charge >= 0.3 is 0 Å². The number of nitrogens with zero attached hydrogens (tertiary/aromatic N) is 2. The summed E-state index contributed by atoms with van der Waals surface area (Å²) in [7, 11) is 0. The molecule has 2 aromatic rings. The van der Waals surface area contributed by atoms with E-state index in [1.54, 1.807) is 11.0 Å². The van der Waals surface area contributed by atoms with Crippen LogP contribution in [0.4, 0.5) is 4.39 Å². The molecule has 0 saturated carbocycles. The molecule has 5 nitrogen and oxygen atoms in total. The molecule has 0 aliphatic carbocycles. The lowest BCUT2D eigenvalue weighted by molar-refractivity contribution is 0.0713. The van der Waals surface area contributed by atoms with Gasteiger partial charge in [0.05, 0.1) is 17.8 Å². The fraction of sp³-hybridized carbons (Fsp3) is 0.333. The number of benzene rings is 1. The van der Waals surface area contributed by atoms with Gasteiger partial charge in [-0.25, -0.2) is 4.39 Å². The fourth-order valence-corrected chi connectivity index (χ4v) is 3.96. The van der Waals surface area contributed by atoms with Crippen molar-refractivity contribution in [1.82, 2.24) is 15.2 Å². The Labute approximate surface area is 151 Å². The topological polar surface area (TPSA) is 65.5 Å². The molecule has 1 aromatic heterocycles. The third kappa shape index (κ3) is 3.19. The van der Waals surface area contributed by atoms with E-state index in [-0.39, 0.29) is 41.8 Å². The maximum Gasteiger partial charge on any atom is 0.256 e. The molecule has 4 rings (SSSR count). The SMILES string of the molecule is Cl.O=C(c1cncc(O)c1)N1C[C@@H]2CNC[C@@H]2[C@H]1c1cccc(F)c1. The van der Waals surface area contributed by atoms with Crippen molar-refractivity contribution in [3.8, 4) is 5.75 Å². The average molecular weight is 364 g/mol. The first-order chi connectivity index (χ1) is 11.6. The monoisotopic (exact) mass is 363 g/mol. The molecule has 132 valence electrons. The van der Waals surface area contributed by atoms with Gasteiger partial charge in [-0.05, 0) is 29.7 Å². The average Bonchev–Trinajstić information content (AvgIpc) is 3.14. The van der Waals surface area contributed by atoms with E-state index in [1.165, 1.54) is 30.6 Å². The number of rotatable bonds is 2. The zero-order valence-corrected chi connectivity index (χ0v) is 14.2. The lowest BCUT2D eigenvalue weighted by Gasteiger charge is -2.28. The number of pyridine rings is 1. The molecule has 2 aliphatic heterocycles. The molecule has 7 heteroatoms. The first kappa shape index (κ1) is 17.6. The number of likely N-dealkylation sites (tertiary alicyclic amines) is 1. The van der Waals surface area contributed by atoms with Gasteiger partial charge in [0.1, 0.15) is 11.6 Å². The van der Waals surface area contributed by atoms with Crippen LogP contribution in [0, 0.1) is 17.7 Å². The number of nitrogens with one attached hydrogen (secondary N) is 1. The molecule has 2 aliphatic rings. The molecule has 0 radical (unpaired) electrons. The second-order valence-corrected chi connectivity index (χ2v) is 6.47. The lowest BCUT2D eigenvalue weighted by atomic mass is 9.89. The van der Waals surface area contributed by atoms with E-state index in [4.69, 9.17) is 0 Å². The van der Waals surface area contributed by atoms with Gasteiger partial charge in [-0.15, -0.1) is 12.4 Å². The molecular weight excluding hydrogens is 345 g/mol. The van der Waals surface area contributed by atoms with Gasteiger partial charge in [-0.1, -0.05) is 12.1 Å². The van der Waals surface area contributed by atoms with Crippen LogP contribution in [0.15, 0.2) is 42.7 Å². The van der Waals surface area contributed by atoms with Crippen molar-refractivity contribution in [2.45, 2.75) is 6.04 Å². The molecule has 0 spiro atoms. The minimum Gasteiger partial charge on any atom is -0.506 e. The highest BCUT2D eigenvalue weighted by Gasteiger charge is 2.47. The van der Waals surface area contributed by atoms with Crippen molar-refractivity contribution in [3.05, 3.63) is 59.7 Å². The normalized spacial score (nSPS) is 24.7. The Bertz CT molecular complexity index is 788. The van der Waals surface area contributed by atoms with Crippen LogP contribution in [-0.4, -0.2) is 40.5 Å². The van der Waals surface area contributed by atoms with Crippen LogP contribution < -0.4 is 5.32 Å². The Morgan fingerprint density at radius 3 is 2.88 bits per heavy atom. The van der Waals surface area contributed by atoms with Crippen LogP contribution in [0.1, 0.15) is 22.0 Å². The van der Waals surface area contributed by atoms with Gasteiger partial charge in [0.2, 0.25) is 0 Å². The second-order valence-electron chi connectivity index (χ2n) is 6.47. The van der Waals surface area contributed by atoms with Crippen molar-refractivity contribution in [2.24, 2.45) is 11.8 Å². The van der Waals surface area contributed by atoms with Crippen molar-refractivity contribution in [1.29, 1.82) is 0 Å². The van der Waals surface area contributed by atoms with Gasteiger partial charge in [0.25, 0.3) is 5.91 Å². The highest BCUT2D eigenvalue weighted by atomic mass is 35.5. The van der Waals surface area contributed by atoms with E-state index in [0.29, 0.717) is 18.0 Å². The number of halogens is 2. The van der Waals surface area contributed by atoms with Gasteiger partial charge in [0.15, 0.2) is 0 Å². The minimum atomic E-state index is -0.298. The maximum absolute atomic E-state index is 13.7. The molecule has 2 N–H and O–H groups in total. The van der Waals surface area contributed by atoms with Crippen LogP contribution in [0.5, 0.6) is 5.75 Å². The van der Waals surface area contributed by atoms with Crippen LogP contribution in [-0.2, 0) is 0 Å². The number of carbonyl (C=O) groups is 1. The highest BCUT2D eigenvalue weighted by molar-refractivity contribution is 5.94. The number of hydrogen-bond donors (Lipinski definition) is 2. The van der Waals surface area contributed by atoms with Gasteiger partial charge in [-0.3, -0.25) is 9.78 Å². The summed E-state index contributed by atoms with van der Waals surface area (Å²) in [6.45, 7) is 2.29. The summed E-state index contributed by atoms with van der Waals surface area (Å²) >= 11 is 0. The van der Waals surface area contributed by atoms with E-state index in [2.05, 4.69) is 10.3 Å². The van der Waals surface area contributed by atoms with E-state index >= 15 is 0 Å². The molecule has 1 aromatic carbocycles. The quantitative estimate of drug-likeness (QED) is 0.859. The van der Waals surface area contributed by atoms with E-state index in [9.17, 15) is 14.3 Å². The van der Waals surface area contributed by atoms with Crippen molar-refractivity contribution >= 4 is 18.3 Å². The van der Waals surface area contributed by atoms with E-state index in [0.717, 1.165) is 18.7 Å². The molecule has 0 bridgehead atoms. The number of hydrogen-bond acceptors (Lipinski definition) is 4. The van der Waals surface area contributed by atoms with Crippen LogP contribution in [0.25, 0.3) is 0 Å². The number of amides is 1. The molecule has 3 heterocycles. The summed E-state index contributed by atoms with van der Waals surface area (Å²) in [6, 6.07) is 7.72. The van der Waals surface area contributed by atoms with E-state index < -0.39 is 0 Å². The standard InChI is InChI=1S/C18H18FN3O2.ClH/c19-14-3-1-2-11(4-14)17-16-9-21-7-13(16)10-22(17)18(24)12-5-15(23)8-20-6-12;/h1-6,8,13,16-17,21,23H,7,9-10H2;1H/t13-,16-,17+;/m0./s1.